The Hall–Kier alpha value is -1.80. The molecule has 2 heteroatoms. The van der Waals surface area contributed by atoms with Crippen LogP contribution in [0.2, 0.25) is 0 Å². The molecule has 2 aromatic carbocycles. The minimum absolute atomic E-state index is 0.828. The Kier molecular flexibility index (Phi) is 4.38. The van der Waals surface area contributed by atoms with E-state index >= 15 is 0 Å². The molecule has 0 saturated carbocycles. The summed E-state index contributed by atoms with van der Waals surface area (Å²) in [4.78, 5) is 0. The first-order valence-electron chi connectivity index (χ1n) is 4.85. The summed E-state index contributed by atoms with van der Waals surface area (Å²) in [6.07, 6.45) is 0. The summed E-state index contributed by atoms with van der Waals surface area (Å²) in [6.45, 7) is 0. The van der Waals surface area contributed by atoms with Crippen molar-refractivity contribution in [1.82, 2.24) is 0 Å². The van der Waals surface area contributed by atoms with Gasteiger partial charge < -0.3 is 11.5 Å². The number of hydrogen-bond donors (Lipinski definition) is 2. The molecule has 0 aromatic heterocycles. The predicted octanol–water partition coefficient (Wildman–Crippen LogP) is 2.51. The van der Waals surface area contributed by atoms with E-state index in [1.807, 2.05) is 42.5 Å². The van der Waals surface area contributed by atoms with Crippen LogP contribution in [-0.4, -0.2) is 7.05 Å². The van der Waals surface area contributed by atoms with Gasteiger partial charge in [-0.3, -0.25) is 0 Å². The van der Waals surface area contributed by atoms with Crippen molar-refractivity contribution in [1.29, 1.82) is 0 Å². The molecule has 2 aromatic rings. The van der Waals surface area contributed by atoms with Crippen LogP contribution in [0.1, 0.15) is 0 Å². The van der Waals surface area contributed by atoms with Crippen LogP contribution in [0.25, 0.3) is 11.1 Å². The third kappa shape index (κ3) is 2.82. The molecule has 0 heterocycles. The molecule has 2 rings (SSSR count). The summed E-state index contributed by atoms with van der Waals surface area (Å²) in [6, 6.07) is 18.1. The fraction of sp³-hybridized carbons (Fsp3) is 0.0769. The van der Waals surface area contributed by atoms with E-state index in [0.29, 0.717) is 0 Å². The quantitative estimate of drug-likeness (QED) is 0.695. The van der Waals surface area contributed by atoms with Crippen molar-refractivity contribution in [3.63, 3.8) is 0 Å². The third-order valence-corrected chi connectivity index (χ3v) is 2.05. The monoisotopic (exact) mass is 200 g/mol. The SMILES string of the molecule is CN.Nc1ccccc1-c1ccccc1. The van der Waals surface area contributed by atoms with Crippen molar-refractivity contribution in [3.05, 3.63) is 54.6 Å². The van der Waals surface area contributed by atoms with Crippen LogP contribution in [0.3, 0.4) is 0 Å². The first-order valence-corrected chi connectivity index (χ1v) is 4.85. The number of nitrogen functional groups attached to an aromatic ring is 1. The topological polar surface area (TPSA) is 52.0 Å². The summed E-state index contributed by atoms with van der Waals surface area (Å²) < 4.78 is 0. The lowest BCUT2D eigenvalue weighted by Crippen LogP contribution is -1.88. The van der Waals surface area contributed by atoms with E-state index in [1.54, 1.807) is 0 Å². The van der Waals surface area contributed by atoms with E-state index in [-0.39, 0.29) is 0 Å². The van der Waals surface area contributed by atoms with Gasteiger partial charge in [0.2, 0.25) is 0 Å². The Morgan fingerprint density at radius 1 is 0.733 bits per heavy atom. The molecule has 0 amide bonds. The van der Waals surface area contributed by atoms with E-state index < -0.39 is 0 Å². The molecule has 0 aliphatic heterocycles. The zero-order valence-electron chi connectivity index (χ0n) is 8.85. The van der Waals surface area contributed by atoms with Crippen LogP contribution >= 0.6 is 0 Å². The summed E-state index contributed by atoms with van der Waals surface area (Å²) >= 11 is 0. The van der Waals surface area contributed by atoms with Crippen LogP contribution < -0.4 is 11.5 Å². The summed E-state index contributed by atoms with van der Waals surface area (Å²) in [5.41, 5.74) is 13.4. The second kappa shape index (κ2) is 5.83. The van der Waals surface area contributed by atoms with Gasteiger partial charge in [0.15, 0.2) is 0 Å². The maximum Gasteiger partial charge on any atom is 0.0393 e. The lowest BCUT2D eigenvalue weighted by atomic mass is 10.0. The van der Waals surface area contributed by atoms with Gasteiger partial charge in [-0.2, -0.15) is 0 Å². The van der Waals surface area contributed by atoms with Gasteiger partial charge >= 0.3 is 0 Å². The highest BCUT2D eigenvalue weighted by Gasteiger charge is 1.98. The fourth-order valence-electron chi connectivity index (χ4n) is 1.38. The maximum atomic E-state index is 5.85. The highest BCUT2D eigenvalue weighted by atomic mass is 14.6. The van der Waals surface area contributed by atoms with Gasteiger partial charge in [-0.15, -0.1) is 0 Å². The minimum atomic E-state index is 0.828. The van der Waals surface area contributed by atoms with Gasteiger partial charge in [-0.25, -0.2) is 0 Å². The van der Waals surface area contributed by atoms with E-state index in [2.05, 4.69) is 17.9 Å². The molecule has 0 aliphatic rings. The van der Waals surface area contributed by atoms with E-state index in [0.717, 1.165) is 11.3 Å². The number of anilines is 1. The molecular weight excluding hydrogens is 184 g/mol. The zero-order valence-corrected chi connectivity index (χ0v) is 8.85. The van der Waals surface area contributed by atoms with Crippen molar-refractivity contribution in [2.24, 2.45) is 5.73 Å². The van der Waals surface area contributed by atoms with E-state index in [4.69, 9.17) is 5.73 Å². The highest BCUT2D eigenvalue weighted by molar-refractivity contribution is 5.75. The second-order valence-corrected chi connectivity index (χ2v) is 2.95. The molecule has 2 nitrogen and oxygen atoms in total. The molecular formula is C13H16N2. The Labute approximate surface area is 90.5 Å². The number of benzene rings is 2. The summed E-state index contributed by atoms with van der Waals surface area (Å²) in [5, 5.41) is 0. The normalized spacial score (nSPS) is 8.93. The molecule has 4 N–H and O–H groups in total. The van der Waals surface area contributed by atoms with Crippen molar-refractivity contribution in [2.45, 2.75) is 0 Å². The largest absolute Gasteiger partial charge is 0.398 e. The molecule has 0 fully saturated rings. The number of rotatable bonds is 1. The van der Waals surface area contributed by atoms with Crippen LogP contribution in [0, 0.1) is 0 Å². The van der Waals surface area contributed by atoms with Crippen LogP contribution in [0.15, 0.2) is 54.6 Å². The highest BCUT2D eigenvalue weighted by Crippen LogP contribution is 2.24. The van der Waals surface area contributed by atoms with Gasteiger partial charge in [0, 0.05) is 11.3 Å². The number of para-hydroxylation sites is 1. The fourth-order valence-corrected chi connectivity index (χ4v) is 1.38. The Morgan fingerprint density at radius 2 is 1.27 bits per heavy atom. The second-order valence-electron chi connectivity index (χ2n) is 2.95. The first-order chi connectivity index (χ1) is 7.38. The van der Waals surface area contributed by atoms with Crippen molar-refractivity contribution in [3.8, 4) is 11.1 Å². The molecule has 0 radical (unpaired) electrons. The van der Waals surface area contributed by atoms with Gasteiger partial charge in [-0.05, 0) is 18.7 Å². The number of hydrogen-bond acceptors (Lipinski definition) is 2. The maximum absolute atomic E-state index is 5.85. The molecule has 0 atom stereocenters. The van der Waals surface area contributed by atoms with E-state index in [9.17, 15) is 0 Å². The van der Waals surface area contributed by atoms with Gasteiger partial charge in [0.05, 0.1) is 0 Å². The third-order valence-electron chi connectivity index (χ3n) is 2.05. The summed E-state index contributed by atoms with van der Waals surface area (Å²) in [5.74, 6) is 0. The van der Waals surface area contributed by atoms with Crippen LogP contribution in [0.5, 0.6) is 0 Å². The summed E-state index contributed by atoms with van der Waals surface area (Å²) in [7, 11) is 1.50. The minimum Gasteiger partial charge on any atom is -0.398 e. The van der Waals surface area contributed by atoms with Gasteiger partial charge in [0.1, 0.15) is 0 Å². The smallest absolute Gasteiger partial charge is 0.0393 e. The Morgan fingerprint density at radius 3 is 1.87 bits per heavy atom. The van der Waals surface area contributed by atoms with Crippen molar-refractivity contribution < 1.29 is 0 Å². The van der Waals surface area contributed by atoms with Gasteiger partial charge in [-0.1, -0.05) is 48.5 Å². The average molecular weight is 200 g/mol. The molecule has 0 bridgehead atoms. The zero-order chi connectivity index (χ0) is 11.1. The van der Waals surface area contributed by atoms with Crippen LogP contribution in [0.4, 0.5) is 5.69 Å². The molecule has 0 aliphatic carbocycles. The number of nitrogens with two attached hydrogens (primary N) is 2. The lowest BCUT2D eigenvalue weighted by Gasteiger charge is -2.03. The molecule has 78 valence electrons. The van der Waals surface area contributed by atoms with E-state index in [1.165, 1.54) is 12.6 Å². The van der Waals surface area contributed by atoms with Crippen molar-refractivity contribution >= 4 is 5.69 Å². The predicted molar refractivity (Wildman–Crippen MR) is 66.4 cm³/mol. The first kappa shape index (κ1) is 11.3. The molecule has 0 spiro atoms. The van der Waals surface area contributed by atoms with Crippen LogP contribution in [-0.2, 0) is 0 Å². The lowest BCUT2D eigenvalue weighted by molar-refractivity contribution is 1.48. The van der Waals surface area contributed by atoms with Gasteiger partial charge in [0.25, 0.3) is 0 Å². The Bertz CT molecular complexity index is 396. The molecule has 0 saturated heterocycles. The standard InChI is InChI=1S/C12H11N.CH5N/c13-12-9-5-4-8-11(12)10-6-2-1-3-7-10;1-2/h1-9H,13H2;2H2,1H3. The Balaban J connectivity index is 0.000000531. The molecule has 0 unspecified atom stereocenters. The van der Waals surface area contributed by atoms with Crippen molar-refractivity contribution in [2.75, 3.05) is 12.8 Å². The average Bonchev–Trinajstić information content (AvgIpc) is 2.33. The molecule has 15 heavy (non-hydrogen) atoms.